The Bertz CT molecular complexity index is 260. The van der Waals surface area contributed by atoms with Crippen LogP contribution >= 0.6 is 15.9 Å². The van der Waals surface area contributed by atoms with Crippen LogP contribution in [-0.4, -0.2) is 54.9 Å². The fourth-order valence-electron chi connectivity index (χ4n) is 1.57. The van der Waals surface area contributed by atoms with Crippen molar-refractivity contribution in [2.75, 3.05) is 33.4 Å². The number of hydrogen-bond acceptors (Lipinski definition) is 3. The maximum Gasteiger partial charge on any atom is 0.239 e. The molecular formula is C10H17BrN2O3. The van der Waals surface area contributed by atoms with E-state index in [0.29, 0.717) is 19.7 Å². The number of rotatable bonds is 5. The van der Waals surface area contributed by atoms with E-state index in [1.54, 1.807) is 12.0 Å². The summed E-state index contributed by atoms with van der Waals surface area (Å²) in [7, 11) is 1.58. The summed E-state index contributed by atoms with van der Waals surface area (Å²) in [5, 5.41) is 2.69. The molecule has 1 heterocycles. The van der Waals surface area contributed by atoms with E-state index in [-0.39, 0.29) is 23.2 Å². The zero-order chi connectivity index (χ0) is 12.0. The Morgan fingerprint density at radius 2 is 2.44 bits per heavy atom. The summed E-state index contributed by atoms with van der Waals surface area (Å²) in [6.07, 6.45) is 1.79. The molecule has 6 heteroatoms. The summed E-state index contributed by atoms with van der Waals surface area (Å²) >= 11 is 3.30. The summed E-state index contributed by atoms with van der Waals surface area (Å²) in [5.74, 6) is -0.125. The van der Waals surface area contributed by atoms with Crippen LogP contribution in [0.25, 0.3) is 0 Å². The number of nitrogens with zero attached hydrogens (tertiary/aromatic N) is 1. The monoisotopic (exact) mass is 292 g/mol. The van der Waals surface area contributed by atoms with Crippen LogP contribution in [0.2, 0.25) is 0 Å². The van der Waals surface area contributed by atoms with Crippen molar-refractivity contribution in [1.82, 2.24) is 10.2 Å². The lowest BCUT2D eigenvalue weighted by Gasteiger charge is -2.29. The highest BCUT2D eigenvalue weighted by atomic mass is 79.9. The number of hydrogen-bond donors (Lipinski definition) is 1. The number of amides is 2. The van der Waals surface area contributed by atoms with E-state index in [2.05, 4.69) is 21.2 Å². The normalized spacial score (nSPS) is 21.0. The lowest BCUT2D eigenvalue weighted by molar-refractivity contribution is -0.137. The number of likely N-dealkylation sites (tertiary alicyclic amines) is 1. The molecule has 1 saturated heterocycles. The molecule has 0 bridgehead atoms. The molecule has 1 aliphatic heterocycles. The third-order valence-corrected chi connectivity index (χ3v) is 3.28. The van der Waals surface area contributed by atoms with Gasteiger partial charge in [-0.3, -0.25) is 9.59 Å². The number of carbonyl (C=O) groups is 2. The van der Waals surface area contributed by atoms with Crippen molar-refractivity contribution in [3.05, 3.63) is 0 Å². The van der Waals surface area contributed by atoms with Gasteiger partial charge in [-0.15, -0.1) is 0 Å². The van der Waals surface area contributed by atoms with Crippen LogP contribution in [0, 0.1) is 0 Å². The Morgan fingerprint density at radius 3 is 3.12 bits per heavy atom. The van der Waals surface area contributed by atoms with Crippen molar-refractivity contribution in [2.24, 2.45) is 0 Å². The van der Waals surface area contributed by atoms with Gasteiger partial charge in [0.1, 0.15) is 0 Å². The topological polar surface area (TPSA) is 58.6 Å². The van der Waals surface area contributed by atoms with Crippen LogP contribution < -0.4 is 5.32 Å². The van der Waals surface area contributed by atoms with Crippen molar-refractivity contribution in [3.63, 3.8) is 0 Å². The fraction of sp³-hybridized carbons (Fsp3) is 0.800. The van der Waals surface area contributed by atoms with Gasteiger partial charge < -0.3 is 15.0 Å². The lowest BCUT2D eigenvalue weighted by atomic mass is 10.1. The molecule has 0 aromatic rings. The molecule has 1 aliphatic rings. The zero-order valence-electron chi connectivity index (χ0n) is 9.37. The van der Waals surface area contributed by atoms with E-state index in [0.717, 1.165) is 12.8 Å². The van der Waals surface area contributed by atoms with Gasteiger partial charge in [0.2, 0.25) is 11.8 Å². The van der Waals surface area contributed by atoms with Gasteiger partial charge in [0.05, 0.1) is 18.0 Å². The minimum absolute atomic E-state index is 0.00754. The van der Waals surface area contributed by atoms with E-state index in [9.17, 15) is 9.59 Å². The second-order valence-electron chi connectivity index (χ2n) is 3.71. The number of ether oxygens (including phenoxy) is 1. The number of carbonyl (C=O) groups excluding carboxylic acids is 2. The molecule has 0 aliphatic carbocycles. The highest BCUT2D eigenvalue weighted by Gasteiger charge is 2.27. The van der Waals surface area contributed by atoms with Crippen molar-refractivity contribution in [3.8, 4) is 0 Å². The average molecular weight is 293 g/mol. The van der Waals surface area contributed by atoms with Gasteiger partial charge in [0, 0.05) is 20.2 Å². The first-order valence-electron chi connectivity index (χ1n) is 5.33. The molecule has 0 saturated carbocycles. The van der Waals surface area contributed by atoms with E-state index in [4.69, 9.17) is 4.74 Å². The summed E-state index contributed by atoms with van der Waals surface area (Å²) < 4.78 is 4.82. The molecule has 1 unspecified atom stereocenters. The minimum Gasteiger partial charge on any atom is -0.383 e. The zero-order valence-corrected chi connectivity index (χ0v) is 11.0. The molecule has 1 fully saturated rings. The Labute approximate surface area is 104 Å². The van der Waals surface area contributed by atoms with E-state index < -0.39 is 0 Å². The maximum atomic E-state index is 11.7. The lowest BCUT2D eigenvalue weighted by Crippen LogP contribution is -2.47. The molecule has 1 atom stereocenters. The summed E-state index contributed by atoms with van der Waals surface area (Å²) in [4.78, 5) is 24.6. The van der Waals surface area contributed by atoms with Crippen LogP contribution in [0.1, 0.15) is 12.8 Å². The van der Waals surface area contributed by atoms with Crippen LogP contribution in [0.3, 0.4) is 0 Å². The van der Waals surface area contributed by atoms with Gasteiger partial charge in [-0.2, -0.15) is 0 Å². The van der Waals surface area contributed by atoms with E-state index in [1.165, 1.54) is 0 Å². The third kappa shape index (κ3) is 4.09. The number of piperidine rings is 1. The van der Waals surface area contributed by atoms with E-state index >= 15 is 0 Å². The van der Waals surface area contributed by atoms with Gasteiger partial charge in [-0.1, -0.05) is 15.9 Å². The van der Waals surface area contributed by atoms with Gasteiger partial charge in [0.25, 0.3) is 0 Å². The summed E-state index contributed by atoms with van der Waals surface area (Å²) in [6, 6.07) is 0. The summed E-state index contributed by atoms with van der Waals surface area (Å²) in [6.45, 7) is 1.78. The molecule has 92 valence electrons. The number of halogens is 1. The highest BCUT2D eigenvalue weighted by molar-refractivity contribution is 9.10. The first-order valence-corrected chi connectivity index (χ1v) is 6.25. The molecule has 0 radical (unpaired) electrons. The Morgan fingerprint density at radius 1 is 1.69 bits per heavy atom. The Balaban J connectivity index is 2.29. The minimum atomic E-state index is -0.132. The molecular weight excluding hydrogens is 276 g/mol. The van der Waals surface area contributed by atoms with Crippen molar-refractivity contribution < 1.29 is 14.3 Å². The first kappa shape index (κ1) is 13.4. The molecule has 16 heavy (non-hydrogen) atoms. The van der Waals surface area contributed by atoms with Gasteiger partial charge in [0.15, 0.2) is 0 Å². The molecule has 1 N–H and O–H groups in total. The second kappa shape index (κ2) is 6.85. The smallest absolute Gasteiger partial charge is 0.239 e. The van der Waals surface area contributed by atoms with Gasteiger partial charge in [-0.25, -0.2) is 0 Å². The highest BCUT2D eigenvalue weighted by Crippen LogP contribution is 2.17. The Kier molecular flexibility index (Phi) is 5.76. The molecule has 0 aromatic heterocycles. The Hall–Kier alpha value is -0.620. The molecule has 1 rings (SSSR count). The third-order valence-electron chi connectivity index (χ3n) is 2.43. The van der Waals surface area contributed by atoms with Crippen molar-refractivity contribution in [1.29, 1.82) is 0 Å². The molecule has 5 nitrogen and oxygen atoms in total. The fourth-order valence-corrected chi connectivity index (χ4v) is 2.19. The molecule has 0 spiro atoms. The number of alkyl halides is 1. The van der Waals surface area contributed by atoms with Crippen LogP contribution in [0.5, 0.6) is 0 Å². The summed E-state index contributed by atoms with van der Waals surface area (Å²) in [5.41, 5.74) is 0. The van der Waals surface area contributed by atoms with Crippen LogP contribution in [0.15, 0.2) is 0 Å². The van der Waals surface area contributed by atoms with Crippen molar-refractivity contribution >= 4 is 27.7 Å². The van der Waals surface area contributed by atoms with Gasteiger partial charge >= 0.3 is 0 Å². The predicted molar refractivity (Wildman–Crippen MR) is 63.4 cm³/mol. The molecule has 0 aromatic carbocycles. The van der Waals surface area contributed by atoms with Crippen LogP contribution in [0.4, 0.5) is 0 Å². The molecule has 2 amide bonds. The standard InChI is InChI=1S/C10H17BrN2O3/c1-16-6-4-12-9(14)7-13-5-2-3-8(11)10(13)15/h8H,2-7H2,1H3,(H,12,14). The maximum absolute atomic E-state index is 11.7. The quantitative estimate of drug-likeness (QED) is 0.579. The first-order chi connectivity index (χ1) is 7.65. The number of nitrogens with one attached hydrogen (secondary N) is 1. The van der Waals surface area contributed by atoms with Crippen molar-refractivity contribution in [2.45, 2.75) is 17.7 Å². The van der Waals surface area contributed by atoms with Gasteiger partial charge in [-0.05, 0) is 12.8 Å². The predicted octanol–water partition coefficient (Wildman–Crippen LogP) is 0.135. The van der Waals surface area contributed by atoms with Crippen LogP contribution in [-0.2, 0) is 14.3 Å². The largest absolute Gasteiger partial charge is 0.383 e. The number of methoxy groups -OCH3 is 1. The average Bonchev–Trinajstić information content (AvgIpc) is 2.25. The second-order valence-corrected chi connectivity index (χ2v) is 4.82. The van der Waals surface area contributed by atoms with E-state index in [1.807, 2.05) is 0 Å². The SMILES string of the molecule is COCCNC(=O)CN1CCCC(Br)C1=O.